The van der Waals surface area contributed by atoms with Crippen LogP contribution in [-0.2, 0) is 6.42 Å². The van der Waals surface area contributed by atoms with E-state index in [0.29, 0.717) is 12.1 Å². The molecule has 0 aliphatic heterocycles. The van der Waals surface area contributed by atoms with Gasteiger partial charge < -0.3 is 5.32 Å². The molecule has 0 amide bonds. The number of halogens is 1. The Morgan fingerprint density at radius 1 is 0.947 bits per heavy atom. The summed E-state index contributed by atoms with van der Waals surface area (Å²) in [6, 6.07) is 19.4. The fraction of sp³-hybridized carbons (Fsp3) is 0.294. The molecule has 0 fully saturated rings. The van der Waals surface area contributed by atoms with Crippen LogP contribution in [-0.4, -0.2) is 6.04 Å². The maximum absolute atomic E-state index is 5.90. The highest BCUT2D eigenvalue weighted by Crippen LogP contribution is 2.15. The van der Waals surface area contributed by atoms with E-state index >= 15 is 0 Å². The van der Waals surface area contributed by atoms with E-state index in [4.69, 9.17) is 11.6 Å². The van der Waals surface area contributed by atoms with Crippen molar-refractivity contribution in [3.8, 4) is 0 Å². The van der Waals surface area contributed by atoms with Gasteiger partial charge in [0.1, 0.15) is 0 Å². The lowest BCUT2D eigenvalue weighted by Gasteiger charge is -2.20. The predicted molar refractivity (Wildman–Crippen MR) is 82.6 cm³/mol. The third-order valence-electron chi connectivity index (χ3n) is 3.29. The van der Waals surface area contributed by atoms with Crippen LogP contribution < -0.4 is 5.32 Å². The van der Waals surface area contributed by atoms with Crippen molar-refractivity contribution in [3.05, 3.63) is 70.7 Å². The van der Waals surface area contributed by atoms with E-state index in [-0.39, 0.29) is 0 Å². The monoisotopic (exact) mass is 273 g/mol. The standard InChI is InChI=1S/C17H20ClN/c1-13(12-15-8-10-17(18)11-9-15)19-14(2)16-6-4-3-5-7-16/h3-11,13-14,19H,12H2,1-2H3. The molecule has 0 spiro atoms. The van der Waals surface area contributed by atoms with E-state index in [1.807, 2.05) is 18.2 Å². The molecular formula is C17H20ClN. The maximum atomic E-state index is 5.90. The van der Waals surface area contributed by atoms with Crippen LogP contribution in [0.5, 0.6) is 0 Å². The van der Waals surface area contributed by atoms with Gasteiger partial charge in [0.2, 0.25) is 0 Å². The summed E-state index contributed by atoms with van der Waals surface area (Å²) >= 11 is 5.90. The fourth-order valence-corrected chi connectivity index (χ4v) is 2.42. The molecule has 0 bridgehead atoms. The Morgan fingerprint density at radius 3 is 2.21 bits per heavy atom. The molecule has 0 saturated carbocycles. The van der Waals surface area contributed by atoms with E-state index in [2.05, 4.69) is 55.6 Å². The van der Waals surface area contributed by atoms with Crippen LogP contribution in [0.15, 0.2) is 54.6 Å². The molecule has 0 aliphatic carbocycles. The summed E-state index contributed by atoms with van der Waals surface area (Å²) in [6.07, 6.45) is 1.01. The van der Waals surface area contributed by atoms with Gasteiger partial charge in [0.15, 0.2) is 0 Å². The van der Waals surface area contributed by atoms with Crippen LogP contribution in [0.25, 0.3) is 0 Å². The van der Waals surface area contributed by atoms with Crippen LogP contribution in [0.1, 0.15) is 31.0 Å². The van der Waals surface area contributed by atoms with E-state index in [1.165, 1.54) is 11.1 Å². The summed E-state index contributed by atoms with van der Waals surface area (Å²) in [4.78, 5) is 0. The zero-order valence-electron chi connectivity index (χ0n) is 11.4. The Balaban J connectivity index is 1.90. The topological polar surface area (TPSA) is 12.0 Å². The Kier molecular flexibility index (Phi) is 5.00. The first kappa shape index (κ1) is 14.1. The van der Waals surface area contributed by atoms with Gasteiger partial charge in [0, 0.05) is 17.1 Å². The molecule has 2 rings (SSSR count). The van der Waals surface area contributed by atoms with Gasteiger partial charge in [0.05, 0.1) is 0 Å². The SMILES string of the molecule is CC(Cc1ccc(Cl)cc1)NC(C)c1ccccc1. The Labute approximate surface area is 120 Å². The minimum Gasteiger partial charge on any atom is -0.307 e. The second kappa shape index (κ2) is 6.74. The molecule has 19 heavy (non-hydrogen) atoms. The third-order valence-corrected chi connectivity index (χ3v) is 3.54. The molecule has 2 atom stereocenters. The third kappa shape index (κ3) is 4.38. The average molecular weight is 274 g/mol. The van der Waals surface area contributed by atoms with Gasteiger partial charge >= 0.3 is 0 Å². The van der Waals surface area contributed by atoms with Crippen molar-refractivity contribution in [3.63, 3.8) is 0 Å². The normalized spacial score (nSPS) is 14.1. The molecular weight excluding hydrogens is 254 g/mol. The van der Waals surface area contributed by atoms with Gasteiger partial charge in [-0.1, -0.05) is 54.1 Å². The first-order valence-electron chi connectivity index (χ1n) is 6.70. The average Bonchev–Trinajstić information content (AvgIpc) is 2.42. The van der Waals surface area contributed by atoms with Crippen LogP contribution in [0, 0.1) is 0 Å². The predicted octanol–water partition coefficient (Wildman–Crippen LogP) is 4.62. The van der Waals surface area contributed by atoms with Gasteiger partial charge in [-0.25, -0.2) is 0 Å². The molecule has 1 nitrogen and oxygen atoms in total. The molecule has 100 valence electrons. The maximum Gasteiger partial charge on any atom is 0.0406 e. The largest absolute Gasteiger partial charge is 0.307 e. The first-order valence-corrected chi connectivity index (χ1v) is 7.08. The van der Waals surface area contributed by atoms with Gasteiger partial charge in [-0.15, -0.1) is 0 Å². The Bertz CT molecular complexity index is 492. The fourth-order valence-electron chi connectivity index (χ4n) is 2.30. The highest BCUT2D eigenvalue weighted by molar-refractivity contribution is 6.30. The second-order valence-corrected chi connectivity index (χ2v) is 5.47. The summed E-state index contributed by atoms with van der Waals surface area (Å²) in [5, 5.41) is 4.42. The van der Waals surface area contributed by atoms with Crippen LogP contribution in [0.3, 0.4) is 0 Å². The van der Waals surface area contributed by atoms with Crippen LogP contribution >= 0.6 is 11.6 Å². The number of benzene rings is 2. The van der Waals surface area contributed by atoms with Crippen molar-refractivity contribution < 1.29 is 0 Å². The molecule has 0 heterocycles. The van der Waals surface area contributed by atoms with E-state index in [1.54, 1.807) is 0 Å². The number of rotatable bonds is 5. The molecule has 1 N–H and O–H groups in total. The van der Waals surface area contributed by atoms with Gasteiger partial charge in [-0.3, -0.25) is 0 Å². The van der Waals surface area contributed by atoms with Crippen LogP contribution in [0.4, 0.5) is 0 Å². The second-order valence-electron chi connectivity index (χ2n) is 5.03. The van der Waals surface area contributed by atoms with Crippen molar-refractivity contribution >= 4 is 11.6 Å². The summed E-state index contributed by atoms with van der Waals surface area (Å²) in [5.41, 5.74) is 2.63. The number of hydrogen-bond acceptors (Lipinski definition) is 1. The smallest absolute Gasteiger partial charge is 0.0406 e. The minimum atomic E-state index is 0.364. The molecule has 2 aromatic rings. The molecule has 2 heteroatoms. The Morgan fingerprint density at radius 2 is 1.58 bits per heavy atom. The van der Waals surface area contributed by atoms with E-state index in [0.717, 1.165) is 11.4 Å². The zero-order chi connectivity index (χ0) is 13.7. The van der Waals surface area contributed by atoms with Crippen molar-refractivity contribution in [2.45, 2.75) is 32.4 Å². The molecule has 0 saturated heterocycles. The summed E-state index contributed by atoms with van der Waals surface area (Å²) < 4.78 is 0. The molecule has 2 unspecified atom stereocenters. The van der Waals surface area contributed by atoms with Crippen molar-refractivity contribution in [1.82, 2.24) is 5.32 Å². The lowest BCUT2D eigenvalue weighted by Crippen LogP contribution is -2.30. The van der Waals surface area contributed by atoms with Gasteiger partial charge in [-0.05, 0) is 43.5 Å². The van der Waals surface area contributed by atoms with Crippen molar-refractivity contribution in [1.29, 1.82) is 0 Å². The summed E-state index contributed by atoms with van der Waals surface area (Å²) in [5.74, 6) is 0. The summed E-state index contributed by atoms with van der Waals surface area (Å²) in [6.45, 7) is 4.42. The lowest BCUT2D eigenvalue weighted by molar-refractivity contribution is 0.477. The molecule has 0 radical (unpaired) electrons. The highest BCUT2D eigenvalue weighted by atomic mass is 35.5. The molecule has 0 aliphatic rings. The van der Waals surface area contributed by atoms with Crippen molar-refractivity contribution in [2.75, 3.05) is 0 Å². The van der Waals surface area contributed by atoms with Crippen molar-refractivity contribution in [2.24, 2.45) is 0 Å². The quantitative estimate of drug-likeness (QED) is 0.838. The highest BCUT2D eigenvalue weighted by Gasteiger charge is 2.09. The zero-order valence-corrected chi connectivity index (χ0v) is 12.2. The number of hydrogen-bond donors (Lipinski definition) is 1. The van der Waals surface area contributed by atoms with Crippen LogP contribution in [0.2, 0.25) is 5.02 Å². The lowest BCUT2D eigenvalue weighted by atomic mass is 10.0. The van der Waals surface area contributed by atoms with Gasteiger partial charge in [-0.2, -0.15) is 0 Å². The Hall–Kier alpha value is -1.31. The molecule has 2 aromatic carbocycles. The van der Waals surface area contributed by atoms with Gasteiger partial charge in [0.25, 0.3) is 0 Å². The number of nitrogens with one attached hydrogen (secondary N) is 1. The van der Waals surface area contributed by atoms with E-state index < -0.39 is 0 Å². The molecule has 0 aromatic heterocycles. The van der Waals surface area contributed by atoms with E-state index in [9.17, 15) is 0 Å². The minimum absolute atomic E-state index is 0.364. The summed E-state index contributed by atoms with van der Waals surface area (Å²) in [7, 11) is 0. The first-order chi connectivity index (χ1) is 9.15.